The first-order valence-electron chi connectivity index (χ1n) is 5.82. The number of aliphatic imine (C=N–C) groups is 1. The minimum Gasteiger partial charge on any atom is -0.370 e. The summed E-state index contributed by atoms with van der Waals surface area (Å²) in [4.78, 5) is 3.57. The van der Waals surface area contributed by atoms with Gasteiger partial charge in [-0.05, 0) is 25.0 Å². The number of alkyl halides is 3. The predicted octanol–water partition coefficient (Wildman–Crippen LogP) is 3.65. The Morgan fingerprint density at radius 1 is 1.29 bits per heavy atom. The Morgan fingerprint density at radius 2 is 1.90 bits per heavy atom. The first-order valence-corrected chi connectivity index (χ1v) is 5.82. The molecule has 1 aliphatic rings. The van der Waals surface area contributed by atoms with Crippen LogP contribution in [0.2, 0.25) is 0 Å². The lowest BCUT2D eigenvalue weighted by molar-refractivity contribution is -0.183. The molecule has 1 aliphatic carbocycles. The second-order valence-electron chi connectivity index (χ2n) is 4.73. The molecule has 1 aromatic rings. The Labute approximate surface area is 134 Å². The molecule has 0 spiro atoms. The number of nitrogens with zero attached hydrogens (tertiary/aromatic N) is 1. The van der Waals surface area contributed by atoms with Gasteiger partial charge in [-0.25, -0.2) is 8.78 Å². The summed E-state index contributed by atoms with van der Waals surface area (Å²) in [6.45, 7) is -0.522. The third kappa shape index (κ3) is 4.17. The molecule has 21 heavy (non-hydrogen) atoms. The van der Waals surface area contributed by atoms with Gasteiger partial charge in [-0.1, -0.05) is 0 Å². The van der Waals surface area contributed by atoms with Crippen molar-refractivity contribution in [2.24, 2.45) is 16.1 Å². The van der Waals surface area contributed by atoms with Gasteiger partial charge in [0.15, 0.2) is 5.96 Å². The van der Waals surface area contributed by atoms with Crippen molar-refractivity contribution in [1.29, 1.82) is 0 Å². The van der Waals surface area contributed by atoms with Crippen LogP contribution in [0.25, 0.3) is 0 Å². The number of nitrogens with one attached hydrogen (secondary N) is 1. The lowest BCUT2D eigenvalue weighted by Crippen LogP contribution is -2.30. The van der Waals surface area contributed by atoms with E-state index in [9.17, 15) is 22.0 Å². The van der Waals surface area contributed by atoms with E-state index in [1.165, 1.54) is 0 Å². The fourth-order valence-electron chi connectivity index (χ4n) is 1.69. The second kappa shape index (κ2) is 6.32. The number of rotatable bonds is 3. The number of hydrogen-bond acceptors (Lipinski definition) is 1. The van der Waals surface area contributed by atoms with Gasteiger partial charge in [0.25, 0.3) is 0 Å². The van der Waals surface area contributed by atoms with Crippen molar-refractivity contribution in [2.75, 3.05) is 11.9 Å². The molecule has 0 amide bonds. The van der Waals surface area contributed by atoms with Crippen molar-refractivity contribution in [3.05, 3.63) is 29.8 Å². The van der Waals surface area contributed by atoms with Gasteiger partial charge in [-0.2, -0.15) is 13.2 Å². The molecule has 3 nitrogen and oxygen atoms in total. The van der Waals surface area contributed by atoms with Crippen molar-refractivity contribution in [3.63, 3.8) is 0 Å². The van der Waals surface area contributed by atoms with Crippen molar-refractivity contribution >= 4 is 35.6 Å². The van der Waals surface area contributed by atoms with Crippen molar-refractivity contribution in [2.45, 2.75) is 19.0 Å². The maximum atomic E-state index is 13.3. The molecule has 0 radical (unpaired) electrons. The average Bonchev–Trinajstić information content (AvgIpc) is 3.12. The summed E-state index contributed by atoms with van der Waals surface area (Å²) in [5.41, 5.74) is 3.29. The quantitative estimate of drug-likeness (QED) is 0.339. The number of anilines is 1. The van der Waals surface area contributed by atoms with Crippen LogP contribution in [0.3, 0.4) is 0 Å². The van der Waals surface area contributed by atoms with Crippen LogP contribution in [0.15, 0.2) is 23.2 Å². The van der Waals surface area contributed by atoms with E-state index in [1.54, 1.807) is 0 Å². The summed E-state index contributed by atoms with van der Waals surface area (Å²) in [7, 11) is 0. The Morgan fingerprint density at radius 3 is 2.43 bits per heavy atom. The first-order chi connectivity index (χ1) is 9.23. The largest absolute Gasteiger partial charge is 0.396 e. The molecule has 2 rings (SSSR count). The zero-order valence-electron chi connectivity index (χ0n) is 10.7. The lowest BCUT2D eigenvalue weighted by atomic mass is 10.1. The highest BCUT2D eigenvalue weighted by molar-refractivity contribution is 14.0. The molecule has 1 fully saturated rings. The number of hydrogen-bond donors (Lipinski definition) is 2. The van der Waals surface area contributed by atoms with Gasteiger partial charge in [0.05, 0.1) is 17.6 Å². The lowest BCUT2D eigenvalue weighted by Gasteiger charge is -2.17. The van der Waals surface area contributed by atoms with Crippen LogP contribution in [0.5, 0.6) is 0 Å². The van der Waals surface area contributed by atoms with Crippen LogP contribution < -0.4 is 11.1 Å². The van der Waals surface area contributed by atoms with E-state index >= 15 is 0 Å². The van der Waals surface area contributed by atoms with Crippen LogP contribution in [-0.2, 0) is 0 Å². The standard InChI is InChI=1S/C12H12F5N3.HI/c13-7-1-2-8(14)9(5-7)20-10(18)19-6-11(3-4-11)12(15,16)17;/h1-2,5H,3-4,6H2,(H3,18,19,20);1H. The van der Waals surface area contributed by atoms with Crippen LogP contribution >= 0.6 is 24.0 Å². The monoisotopic (exact) mass is 421 g/mol. The van der Waals surface area contributed by atoms with E-state index in [-0.39, 0.29) is 48.5 Å². The van der Waals surface area contributed by atoms with Gasteiger partial charge < -0.3 is 11.1 Å². The summed E-state index contributed by atoms with van der Waals surface area (Å²) in [5.74, 6) is -1.86. The van der Waals surface area contributed by atoms with Crippen LogP contribution in [0.1, 0.15) is 12.8 Å². The van der Waals surface area contributed by atoms with Crippen molar-refractivity contribution in [3.8, 4) is 0 Å². The van der Waals surface area contributed by atoms with Crippen molar-refractivity contribution < 1.29 is 22.0 Å². The molecule has 3 N–H and O–H groups in total. The third-order valence-corrected chi connectivity index (χ3v) is 3.20. The number of nitrogens with two attached hydrogens (primary N) is 1. The molecule has 0 aromatic heterocycles. The normalized spacial score (nSPS) is 17.1. The topological polar surface area (TPSA) is 50.4 Å². The summed E-state index contributed by atoms with van der Waals surface area (Å²) >= 11 is 0. The maximum absolute atomic E-state index is 13.3. The van der Waals surface area contributed by atoms with Gasteiger partial charge >= 0.3 is 6.18 Å². The fraction of sp³-hybridized carbons (Fsp3) is 0.417. The fourth-order valence-corrected chi connectivity index (χ4v) is 1.69. The van der Waals surface area contributed by atoms with E-state index in [2.05, 4.69) is 10.3 Å². The van der Waals surface area contributed by atoms with E-state index < -0.39 is 29.8 Å². The molecule has 0 unspecified atom stereocenters. The Bertz CT molecular complexity index is 540. The molecule has 0 atom stereocenters. The van der Waals surface area contributed by atoms with E-state index in [0.717, 1.165) is 18.2 Å². The zero-order chi connectivity index (χ0) is 15.0. The zero-order valence-corrected chi connectivity index (χ0v) is 13.0. The smallest absolute Gasteiger partial charge is 0.370 e. The Kier molecular flexibility index (Phi) is 5.40. The maximum Gasteiger partial charge on any atom is 0.396 e. The average molecular weight is 421 g/mol. The predicted molar refractivity (Wildman–Crippen MR) is 79.6 cm³/mol. The highest BCUT2D eigenvalue weighted by atomic mass is 127. The summed E-state index contributed by atoms with van der Waals surface area (Å²) in [6.07, 6.45) is -4.33. The molecule has 9 heteroatoms. The second-order valence-corrected chi connectivity index (χ2v) is 4.73. The molecule has 118 valence electrons. The highest BCUT2D eigenvalue weighted by Crippen LogP contribution is 2.57. The van der Waals surface area contributed by atoms with Gasteiger partial charge in [-0.3, -0.25) is 4.99 Å². The van der Waals surface area contributed by atoms with E-state index in [1.807, 2.05) is 0 Å². The number of benzene rings is 1. The number of guanidine groups is 1. The molecule has 1 saturated carbocycles. The van der Waals surface area contributed by atoms with Gasteiger partial charge in [-0.15, -0.1) is 24.0 Å². The van der Waals surface area contributed by atoms with Gasteiger partial charge in [0.2, 0.25) is 0 Å². The van der Waals surface area contributed by atoms with E-state index in [0.29, 0.717) is 0 Å². The summed E-state index contributed by atoms with van der Waals surface area (Å²) in [5, 5.41) is 2.25. The van der Waals surface area contributed by atoms with Crippen LogP contribution in [0, 0.1) is 17.0 Å². The Balaban J connectivity index is 0.00000220. The van der Waals surface area contributed by atoms with Crippen LogP contribution in [-0.4, -0.2) is 18.7 Å². The highest BCUT2D eigenvalue weighted by Gasteiger charge is 2.63. The Hall–Kier alpha value is -1.13. The molecular weight excluding hydrogens is 408 g/mol. The first kappa shape index (κ1) is 17.9. The van der Waals surface area contributed by atoms with Gasteiger partial charge in [0, 0.05) is 6.07 Å². The van der Waals surface area contributed by atoms with Gasteiger partial charge in [0.1, 0.15) is 11.6 Å². The SMILES string of the molecule is I.NC(=NCC1(C(F)(F)F)CC1)Nc1cc(F)ccc1F. The van der Waals surface area contributed by atoms with E-state index in [4.69, 9.17) is 5.73 Å². The minimum absolute atomic E-state index is 0. The molecule has 0 aliphatic heterocycles. The molecule has 0 saturated heterocycles. The molecule has 1 aromatic carbocycles. The summed E-state index contributed by atoms with van der Waals surface area (Å²) in [6, 6.07) is 2.63. The number of halogens is 6. The van der Waals surface area contributed by atoms with Crippen molar-refractivity contribution in [1.82, 2.24) is 0 Å². The minimum atomic E-state index is -4.33. The van der Waals surface area contributed by atoms with Crippen LogP contribution in [0.4, 0.5) is 27.6 Å². The molecule has 0 bridgehead atoms. The third-order valence-electron chi connectivity index (χ3n) is 3.20. The molecule has 0 heterocycles. The molecular formula is C12H13F5IN3. The summed E-state index contributed by atoms with van der Waals surface area (Å²) < 4.78 is 64.1.